The maximum atomic E-state index is 13.5. The molecule has 514 valence electrons. The molecule has 0 aromatic rings. The van der Waals surface area contributed by atoms with Crippen molar-refractivity contribution in [2.24, 2.45) is 0 Å². The predicted octanol–water partition coefficient (Wildman–Crippen LogP) is -4.14. The minimum atomic E-state index is -2.00. The molecule has 5 rings (SSSR count). The third kappa shape index (κ3) is 21.9. The average Bonchev–Trinajstić information content (AvgIpc) is 0.905. The molecule has 5 aliphatic heterocycles. The maximum absolute atomic E-state index is 13.5. The highest BCUT2D eigenvalue weighted by Crippen LogP contribution is 2.36. The number of aliphatic hydroxyl groups is 11. The molecule has 0 saturated carbocycles. The predicted molar refractivity (Wildman–Crippen MR) is 308 cm³/mol. The monoisotopic (exact) mass is 1280 g/mol. The van der Waals surface area contributed by atoms with Crippen LogP contribution in [0, 0.1) is 0 Å². The lowest BCUT2D eigenvalue weighted by molar-refractivity contribution is -0.367. The summed E-state index contributed by atoms with van der Waals surface area (Å²) in [7, 11) is 0. The van der Waals surface area contributed by atoms with E-state index in [1.807, 2.05) is 0 Å². The van der Waals surface area contributed by atoms with Gasteiger partial charge in [0, 0.05) is 40.7 Å². The van der Waals surface area contributed by atoms with Crippen molar-refractivity contribution < 1.29 is 128 Å². The van der Waals surface area contributed by atoms with Crippen LogP contribution in [0.3, 0.4) is 0 Å². The molecule has 0 aliphatic carbocycles. The topological polar surface area (TPSA) is 460 Å². The summed E-state index contributed by atoms with van der Waals surface area (Å²) in [6, 6.07) is -8.00. The lowest BCUT2D eigenvalue weighted by Gasteiger charge is -2.51. The van der Waals surface area contributed by atoms with E-state index in [0.29, 0.717) is 6.42 Å². The average molecular weight is 1280 g/mol. The first kappa shape index (κ1) is 76.0. The van der Waals surface area contributed by atoms with Crippen molar-refractivity contribution in [2.75, 3.05) is 39.6 Å². The fraction of sp³-hybridized carbons (Fsp3) is 0.879. The summed E-state index contributed by atoms with van der Waals surface area (Å²) in [5.41, 5.74) is 0. The number of unbranched alkanes of at least 4 members (excludes halogenated alkanes) is 11. The van der Waals surface area contributed by atoms with Gasteiger partial charge < -0.3 is 130 Å². The van der Waals surface area contributed by atoms with Crippen LogP contribution >= 0.6 is 0 Å². The van der Waals surface area contributed by atoms with Crippen LogP contribution in [0.5, 0.6) is 0 Å². The van der Waals surface area contributed by atoms with Gasteiger partial charge in [0.1, 0.15) is 122 Å². The van der Waals surface area contributed by atoms with Crippen molar-refractivity contribution >= 4 is 29.5 Å². The van der Waals surface area contributed by atoms with Crippen LogP contribution in [0.4, 0.5) is 0 Å². The number of carbonyl (C=O) groups excluding carboxylic acids is 5. The molecule has 0 aromatic heterocycles. The van der Waals surface area contributed by atoms with Gasteiger partial charge in [-0.15, -0.1) is 0 Å². The number of aliphatic hydroxyl groups excluding tert-OH is 11. The Bertz CT molecular complexity index is 2160. The van der Waals surface area contributed by atoms with Crippen LogP contribution in [0.25, 0.3) is 0 Å². The number of nitrogens with one attached hydrogen (secondary N) is 5. The first-order valence-corrected chi connectivity index (χ1v) is 31.2. The first-order chi connectivity index (χ1) is 42.5. The Morgan fingerprint density at radius 2 is 0.719 bits per heavy atom. The lowest BCUT2D eigenvalue weighted by Crippen LogP contribution is -2.72. The van der Waals surface area contributed by atoms with Crippen molar-refractivity contribution in [2.45, 2.75) is 285 Å². The zero-order valence-electron chi connectivity index (χ0n) is 51.8. The second-order valence-electron chi connectivity index (χ2n) is 23.3. The van der Waals surface area contributed by atoms with Gasteiger partial charge in [0.15, 0.2) is 31.5 Å². The number of hydrogen-bond acceptors (Lipinski definition) is 26. The van der Waals surface area contributed by atoms with Crippen molar-refractivity contribution in [3.63, 3.8) is 0 Å². The second-order valence-corrected chi connectivity index (χ2v) is 23.3. The normalized spacial score (nSPS) is 37.6. The van der Waals surface area contributed by atoms with Crippen LogP contribution in [0.2, 0.25) is 0 Å². The quantitative estimate of drug-likeness (QED) is 0.0212. The minimum Gasteiger partial charge on any atom is -0.394 e. The zero-order chi connectivity index (χ0) is 65.5. The lowest BCUT2D eigenvalue weighted by atomic mass is 9.93. The molecule has 10 unspecified atom stereocenters. The Morgan fingerprint density at radius 1 is 0.393 bits per heavy atom. The Kier molecular flexibility index (Phi) is 32.8. The fourth-order valence-corrected chi connectivity index (χ4v) is 11.7. The molecule has 31 heteroatoms. The second kappa shape index (κ2) is 38.4. The van der Waals surface area contributed by atoms with Gasteiger partial charge in [-0.25, -0.2) is 0 Å². The van der Waals surface area contributed by atoms with E-state index in [2.05, 4.69) is 45.7 Å². The first-order valence-electron chi connectivity index (χ1n) is 31.2. The van der Waals surface area contributed by atoms with Gasteiger partial charge in [-0.1, -0.05) is 70.4 Å². The van der Waals surface area contributed by atoms with Gasteiger partial charge in [0.2, 0.25) is 29.5 Å². The number of carbonyl (C=O) groups is 5. The summed E-state index contributed by atoms with van der Waals surface area (Å²) < 4.78 is 60.0. The van der Waals surface area contributed by atoms with E-state index in [9.17, 15) is 80.1 Å². The molecule has 0 bridgehead atoms. The highest BCUT2D eigenvalue weighted by Gasteiger charge is 2.58. The van der Waals surface area contributed by atoms with Crippen LogP contribution in [0.15, 0.2) is 12.2 Å². The summed E-state index contributed by atoms with van der Waals surface area (Å²) >= 11 is 0. The molecule has 5 aliphatic rings. The van der Waals surface area contributed by atoms with Crippen LogP contribution in [-0.4, -0.2) is 279 Å². The molecule has 31 nitrogen and oxygen atoms in total. The third-order valence-corrected chi connectivity index (χ3v) is 16.3. The summed E-state index contributed by atoms with van der Waals surface area (Å²) in [6.07, 6.45) is -16.2. The molecule has 5 saturated heterocycles. The van der Waals surface area contributed by atoms with Gasteiger partial charge in [0.25, 0.3) is 0 Å². The molecule has 89 heavy (non-hydrogen) atoms. The van der Waals surface area contributed by atoms with Crippen molar-refractivity contribution in [3.8, 4) is 0 Å². The van der Waals surface area contributed by atoms with Crippen molar-refractivity contribution in [3.05, 3.63) is 12.2 Å². The Labute approximate surface area is 518 Å². The molecule has 16 N–H and O–H groups in total. The summed E-state index contributed by atoms with van der Waals surface area (Å²) in [5, 5.41) is 136. The molecule has 25 atom stereocenters. The largest absolute Gasteiger partial charge is 0.394 e. The molecule has 5 amide bonds. The van der Waals surface area contributed by atoms with Crippen molar-refractivity contribution in [1.29, 1.82) is 0 Å². The van der Waals surface area contributed by atoms with Crippen molar-refractivity contribution in [1.82, 2.24) is 26.6 Å². The fourth-order valence-electron chi connectivity index (χ4n) is 11.7. The van der Waals surface area contributed by atoms with E-state index in [4.69, 9.17) is 47.4 Å². The Balaban J connectivity index is 1.30. The van der Waals surface area contributed by atoms with Gasteiger partial charge in [0.05, 0.1) is 33.0 Å². The van der Waals surface area contributed by atoms with E-state index in [-0.39, 0.29) is 19.6 Å². The SMILES string of the molecule is CCCCCC/C=C\CCCCCCCCCC(=O)NC1[C@H](O[C@@H]2C(CO)O[C@@H](O[C@@H]3C(CO)O[C@@H](O[C@@H]4C(CO)O[C@@H](O[C@@H]5C(CO)O[C@@H](O)C(NC(C)=O)[C@H]5O)C(NC(C)=O)[C@H]4O)C(NC(C)=O)[C@H]3O)C(NC(C)=O)[C@H]2O)OC(COCC)[C@@H](O)[C@@H]1O. The number of hydrogen-bond donors (Lipinski definition) is 16. The Hall–Kier alpha value is -3.75. The zero-order valence-corrected chi connectivity index (χ0v) is 51.8. The minimum absolute atomic E-state index is 0.0554. The molecule has 0 radical (unpaired) electrons. The van der Waals surface area contributed by atoms with E-state index in [1.54, 1.807) is 6.92 Å². The van der Waals surface area contributed by atoms with Crippen LogP contribution in [-0.2, 0) is 71.3 Å². The molecule has 5 heterocycles. The smallest absolute Gasteiger partial charge is 0.220 e. The van der Waals surface area contributed by atoms with E-state index >= 15 is 0 Å². The summed E-state index contributed by atoms with van der Waals surface area (Å²) in [4.78, 5) is 63.8. The van der Waals surface area contributed by atoms with Crippen LogP contribution < -0.4 is 26.6 Å². The number of ether oxygens (including phenoxy) is 10. The number of amides is 5. The van der Waals surface area contributed by atoms with Crippen LogP contribution in [0.1, 0.15) is 131 Å². The third-order valence-electron chi connectivity index (χ3n) is 16.3. The van der Waals surface area contributed by atoms with Gasteiger partial charge in [-0.05, 0) is 39.0 Å². The molecule has 5 fully saturated rings. The molecule has 0 aromatic carbocycles. The Morgan fingerprint density at radius 3 is 1.09 bits per heavy atom. The summed E-state index contributed by atoms with van der Waals surface area (Å²) in [6.45, 7) is 4.42. The number of allylic oxidation sites excluding steroid dienone is 2. The molecular weight excluding hydrogens is 1180 g/mol. The number of rotatable bonds is 35. The highest BCUT2D eigenvalue weighted by atomic mass is 16.8. The maximum Gasteiger partial charge on any atom is 0.220 e. The van der Waals surface area contributed by atoms with E-state index in [0.717, 1.165) is 79.1 Å². The molecular formula is C58H101N5O26. The summed E-state index contributed by atoms with van der Waals surface area (Å²) in [5.74, 6) is -3.51. The van der Waals surface area contributed by atoms with Gasteiger partial charge in [-0.2, -0.15) is 0 Å². The van der Waals surface area contributed by atoms with E-state index < -0.39 is 209 Å². The molecule has 0 spiro atoms. The highest BCUT2D eigenvalue weighted by molar-refractivity contribution is 5.76. The van der Waals surface area contributed by atoms with Gasteiger partial charge >= 0.3 is 0 Å². The van der Waals surface area contributed by atoms with Gasteiger partial charge in [-0.3, -0.25) is 24.0 Å². The van der Waals surface area contributed by atoms with E-state index in [1.165, 1.54) is 25.7 Å². The standard InChI is InChI=1S/C58H101N5O26/c1-7-9-10-11-12-13-14-15-16-17-18-19-20-21-22-23-38(72)63-40-45(74)44(73)37(28-80-8-2)85-55(40)87-51-34(25-65)83-57(42(47(51)76)61-31(5)70)89-53-36(27-67)84-58(43(49(53)78)62-32(6)71)88-52-35(26-66)82-56(41(48(52)77)60-30(4)69)86-50-33(24-64)81-54(79)39(46(50)75)59-29(3)68/h13-14,33-37,39-58,64-67,73-79H,7-12,15-28H2,1-6H3,(H,59,68)(H,60,69)(H,61,70)(H,62,71)(H,63,72)/b14-13-/t33?,34?,35?,36?,37?,39?,40?,41?,42?,43?,44-,45-,46-,47-,48-,49-,50-,51-,52-,53-,54-,55+,56+,57+,58+/m1/s1.